The maximum absolute atomic E-state index is 12.6. The van der Waals surface area contributed by atoms with Crippen LogP contribution in [0.4, 0.5) is 5.95 Å². The van der Waals surface area contributed by atoms with E-state index in [0.717, 1.165) is 18.4 Å². The van der Waals surface area contributed by atoms with Gasteiger partial charge in [-0.2, -0.15) is 9.97 Å². The zero-order valence-electron chi connectivity index (χ0n) is 14.1. The van der Waals surface area contributed by atoms with Gasteiger partial charge in [0.15, 0.2) is 0 Å². The number of benzene rings is 1. The summed E-state index contributed by atoms with van der Waals surface area (Å²) in [7, 11) is 0. The summed E-state index contributed by atoms with van der Waals surface area (Å²) in [4.78, 5) is 23.0. The number of carbonyl (C=O) groups excluding carboxylic acids is 1. The molecule has 0 aliphatic carbocycles. The lowest BCUT2D eigenvalue weighted by molar-refractivity contribution is -0.132. The third kappa shape index (κ3) is 3.28. The summed E-state index contributed by atoms with van der Waals surface area (Å²) in [5.41, 5.74) is 6.37. The molecule has 2 aromatic heterocycles. The van der Waals surface area contributed by atoms with E-state index in [1.165, 1.54) is 0 Å². The van der Waals surface area contributed by atoms with Gasteiger partial charge < -0.3 is 15.2 Å². The maximum atomic E-state index is 12.6. The second-order valence-corrected chi connectivity index (χ2v) is 6.21. The van der Waals surface area contributed by atoms with E-state index in [1.54, 1.807) is 0 Å². The largest absolute Gasteiger partial charge is 0.367 e. The van der Waals surface area contributed by atoms with Gasteiger partial charge in [-0.25, -0.2) is 0 Å². The molecule has 0 saturated carbocycles. The number of hydrogen-bond donors (Lipinski definition) is 2. The van der Waals surface area contributed by atoms with Crippen LogP contribution in [0.1, 0.15) is 37.0 Å². The number of nitrogens with one attached hydrogen (secondary N) is 1. The topological polar surface area (TPSA) is 127 Å². The highest BCUT2D eigenvalue weighted by Crippen LogP contribution is 2.32. The molecular weight excluding hydrogens is 334 g/mol. The molecule has 1 aliphatic heterocycles. The number of carbonyl (C=O) groups is 1. The van der Waals surface area contributed by atoms with Crippen LogP contribution in [0.15, 0.2) is 34.9 Å². The first-order valence-electron chi connectivity index (χ1n) is 8.56. The molecule has 3 heterocycles. The van der Waals surface area contributed by atoms with Crippen molar-refractivity contribution in [2.45, 2.75) is 31.7 Å². The fourth-order valence-electron chi connectivity index (χ4n) is 3.19. The number of aryl methyl sites for hydroxylation is 1. The van der Waals surface area contributed by atoms with Crippen molar-refractivity contribution >= 4 is 11.9 Å². The Morgan fingerprint density at radius 2 is 2.15 bits per heavy atom. The molecule has 1 aromatic carbocycles. The van der Waals surface area contributed by atoms with Gasteiger partial charge in [0.1, 0.15) is 11.9 Å². The second-order valence-electron chi connectivity index (χ2n) is 6.21. The highest BCUT2D eigenvalue weighted by atomic mass is 16.5. The Kier molecular flexibility index (Phi) is 4.34. The van der Waals surface area contributed by atoms with Crippen LogP contribution in [0.3, 0.4) is 0 Å². The van der Waals surface area contributed by atoms with Crippen molar-refractivity contribution in [3.63, 3.8) is 0 Å². The maximum Gasteiger partial charge on any atom is 0.249 e. The Morgan fingerprint density at radius 3 is 2.92 bits per heavy atom. The highest BCUT2D eigenvalue weighted by molar-refractivity contribution is 5.77. The van der Waals surface area contributed by atoms with Crippen LogP contribution in [-0.2, 0) is 11.2 Å². The molecule has 9 nitrogen and oxygen atoms in total. The van der Waals surface area contributed by atoms with E-state index in [0.29, 0.717) is 36.9 Å². The molecule has 9 heteroatoms. The SMILES string of the molecule is Nc1n[nH]c(CCC(=O)N2CCC[C@H]2c2nc(-c3ccccc3)no2)n1. The van der Waals surface area contributed by atoms with E-state index >= 15 is 0 Å². The summed E-state index contributed by atoms with van der Waals surface area (Å²) in [5.74, 6) is 1.85. The van der Waals surface area contributed by atoms with Gasteiger partial charge in [0.25, 0.3) is 0 Å². The normalized spacial score (nSPS) is 16.9. The number of aromatic amines is 1. The number of anilines is 1. The van der Waals surface area contributed by atoms with Crippen molar-refractivity contribution in [3.05, 3.63) is 42.0 Å². The minimum Gasteiger partial charge on any atom is -0.367 e. The highest BCUT2D eigenvalue weighted by Gasteiger charge is 2.33. The predicted octanol–water partition coefficient (Wildman–Crippen LogP) is 1.73. The molecule has 1 amide bonds. The lowest BCUT2D eigenvalue weighted by atomic mass is 10.2. The molecule has 0 bridgehead atoms. The summed E-state index contributed by atoms with van der Waals surface area (Å²) in [6.45, 7) is 0.686. The molecule has 3 N–H and O–H groups in total. The molecule has 0 spiro atoms. The Morgan fingerprint density at radius 1 is 1.31 bits per heavy atom. The third-order valence-electron chi connectivity index (χ3n) is 4.46. The number of H-pyrrole nitrogens is 1. The number of amides is 1. The lowest BCUT2D eigenvalue weighted by Crippen LogP contribution is -2.31. The first-order valence-corrected chi connectivity index (χ1v) is 8.56. The molecule has 1 aliphatic rings. The van der Waals surface area contributed by atoms with Gasteiger partial charge >= 0.3 is 0 Å². The van der Waals surface area contributed by atoms with E-state index in [-0.39, 0.29) is 17.9 Å². The van der Waals surface area contributed by atoms with Gasteiger partial charge in [0, 0.05) is 24.9 Å². The van der Waals surface area contributed by atoms with Gasteiger partial charge in [-0.3, -0.25) is 9.89 Å². The lowest BCUT2D eigenvalue weighted by Gasteiger charge is -2.21. The molecule has 1 atom stereocenters. The summed E-state index contributed by atoms with van der Waals surface area (Å²) in [6.07, 6.45) is 2.52. The van der Waals surface area contributed by atoms with Gasteiger partial charge in [0.2, 0.25) is 23.6 Å². The number of nitrogens with zero attached hydrogens (tertiary/aromatic N) is 5. The summed E-state index contributed by atoms with van der Waals surface area (Å²) in [6, 6.07) is 9.46. The number of aromatic nitrogens is 5. The van der Waals surface area contributed by atoms with Crippen LogP contribution >= 0.6 is 0 Å². The molecule has 3 aromatic rings. The molecule has 1 saturated heterocycles. The van der Waals surface area contributed by atoms with Crippen LogP contribution in [0.5, 0.6) is 0 Å². The summed E-state index contributed by atoms with van der Waals surface area (Å²) >= 11 is 0. The van der Waals surface area contributed by atoms with Crippen LogP contribution in [0, 0.1) is 0 Å². The van der Waals surface area contributed by atoms with Crippen molar-refractivity contribution in [2.24, 2.45) is 0 Å². The Labute approximate surface area is 149 Å². The fraction of sp³-hybridized carbons (Fsp3) is 0.353. The second kappa shape index (κ2) is 6.95. The van der Waals surface area contributed by atoms with Crippen molar-refractivity contribution in [1.29, 1.82) is 0 Å². The molecule has 4 rings (SSSR count). The number of nitrogen functional groups attached to an aromatic ring is 1. The van der Waals surface area contributed by atoms with Gasteiger partial charge in [0.05, 0.1) is 0 Å². The Balaban J connectivity index is 1.44. The molecular formula is C17H19N7O2. The number of hydrogen-bond acceptors (Lipinski definition) is 7. The third-order valence-corrected chi connectivity index (χ3v) is 4.46. The Bertz CT molecular complexity index is 889. The van der Waals surface area contributed by atoms with Crippen molar-refractivity contribution in [2.75, 3.05) is 12.3 Å². The number of likely N-dealkylation sites (tertiary alicyclic amines) is 1. The number of rotatable bonds is 5. The molecule has 26 heavy (non-hydrogen) atoms. The van der Waals surface area contributed by atoms with Gasteiger partial charge in [-0.05, 0) is 12.8 Å². The predicted molar refractivity (Wildman–Crippen MR) is 92.5 cm³/mol. The van der Waals surface area contributed by atoms with E-state index in [4.69, 9.17) is 10.3 Å². The van der Waals surface area contributed by atoms with Crippen LogP contribution in [0.25, 0.3) is 11.4 Å². The molecule has 1 fully saturated rings. The first kappa shape index (κ1) is 16.2. The van der Waals surface area contributed by atoms with E-state index in [1.807, 2.05) is 35.2 Å². The number of nitrogens with two attached hydrogens (primary N) is 1. The summed E-state index contributed by atoms with van der Waals surface area (Å²) in [5, 5.41) is 10.5. The van der Waals surface area contributed by atoms with E-state index in [2.05, 4.69) is 25.3 Å². The van der Waals surface area contributed by atoms with Crippen LogP contribution in [0.2, 0.25) is 0 Å². The molecule has 0 unspecified atom stereocenters. The Hall–Kier alpha value is -3.23. The van der Waals surface area contributed by atoms with Crippen LogP contribution in [-0.4, -0.2) is 42.7 Å². The first-order chi connectivity index (χ1) is 12.7. The smallest absolute Gasteiger partial charge is 0.249 e. The quantitative estimate of drug-likeness (QED) is 0.715. The minimum absolute atomic E-state index is 0.0296. The minimum atomic E-state index is -0.174. The van der Waals surface area contributed by atoms with Crippen molar-refractivity contribution in [3.8, 4) is 11.4 Å². The molecule has 134 valence electrons. The fourth-order valence-corrected chi connectivity index (χ4v) is 3.19. The van der Waals surface area contributed by atoms with Gasteiger partial charge in [-0.15, -0.1) is 5.10 Å². The van der Waals surface area contributed by atoms with Crippen molar-refractivity contribution < 1.29 is 9.32 Å². The zero-order chi connectivity index (χ0) is 17.9. The monoisotopic (exact) mass is 353 g/mol. The zero-order valence-corrected chi connectivity index (χ0v) is 14.1. The van der Waals surface area contributed by atoms with E-state index < -0.39 is 0 Å². The van der Waals surface area contributed by atoms with E-state index in [9.17, 15) is 4.79 Å². The summed E-state index contributed by atoms with van der Waals surface area (Å²) < 4.78 is 5.45. The van der Waals surface area contributed by atoms with Crippen molar-refractivity contribution in [1.82, 2.24) is 30.2 Å². The van der Waals surface area contributed by atoms with Gasteiger partial charge in [-0.1, -0.05) is 35.5 Å². The average Bonchev–Trinajstić information content (AvgIpc) is 3.40. The average molecular weight is 353 g/mol. The molecule has 0 radical (unpaired) electrons. The standard InChI is InChI=1S/C17H19N7O2/c18-17-19-13(21-22-17)8-9-14(25)24-10-4-7-12(24)16-20-15(23-26-16)11-5-2-1-3-6-11/h1-3,5-6,12H,4,7-10H2,(H3,18,19,21,22)/t12-/m0/s1. The van der Waals surface area contributed by atoms with Crippen LogP contribution < -0.4 is 5.73 Å².